The minimum Gasteiger partial charge on any atom is -0.378 e. The second-order valence-corrected chi connectivity index (χ2v) is 6.70. The van der Waals surface area contributed by atoms with E-state index in [1.165, 1.54) is 12.3 Å². The molecule has 7 nitrogen and oxygen atoms in total. The lowest BCUT2D eigenvalue weighted by Gasteiger charge is -2.36. The molecule has 0 radical (unpaired) electrons. The fraction of sp³-hybridized carbons (Fsp3) is 0.500. The van der Waals surface area contributed by atoms with Gasteiger partial charge in [0.05, 0.1) is 18.8 Å². The zero-order valence-electron chi connectivity index (χ0n) is 15.3. The molecule has 10 heteroatoms. The van der Waals surface area contributed by atoms with Gasteiger partial charge >= 0.3 is 6.18 Å². The van der Waals surface area contributed by atoms with E-state index in [2.05, 4.69) is 20.1 Å². The smallest absolute Gasteiger partial charge is 0.378 e. The molecule has 2 aliphatic heterocycles. The van der Waals surface area contributed by atoms with Gasteiger partial charge in [0.1, 0.15) is 5.82 Å². The van der Waals surface area contributed by atoms with Gasteiger partial charge in [0.2, 0.25) is 0 Å². The maximum absolute atomic E-state index is 13.2. The van der Waals surface area contributed by atoms with E-state index in [1.54, 1.807) is 4.90 Å². The quantitative estimate of drug-likeness (QED) is 0.790. The summed E-state index contributed by atoms with van der Waals surface area (Å²) in [7, 11) is 0. The first kappa shape index (κ1) is 18.7. The number of anilines is 3. The molecule has 2 saturated heterocycles. The van der Waals surface area contributed by atoms with Crippen LogP contribution in [0, 0.1) is 0 Å². The molecule has 2 aromatic heterocycles. The molecule has 2 aliphatic rings. The third-order valence-corrected chi connectivity index (χ3v) is 4.97. The molecule has 4 rings (SSSR count). The molecule has 0 aromatic carbocycles. The molecule has 0 saturated carbocycles. The number of hydrogen-bond acceptors (Lipinski definition) is 7. The number of halogens is 3. The number of aromatic nitrogens is 3. The summed E-state index contributed by atoms with van der Waals surface area (Å²) in [5.41, 5.74) is -0.696. The number of alkyl halides is 3. The van der Waals surface area contributed by atoms with Crippen LogP contribution in [0.2, 0.25) is 0 Å². The number of piperazine rings is 1. The van der Waals surface area contributed by atoms with Crippen LogP contribution in [0.15, 0.2) is 30.5 Å². The molecular weight excluding hydrogens is 373 g/mol. The Hall–Kier alpha value is -2.62. The number of ether oxygens (including phenoxy) is 1. The van der Waals surface area contributed by atoms with Crippen molar-refractivity contribution in [2.24, 2.45) is 0 Å². The molecule has 2 aromatic rings. The fourth-order valence-electron chi connectivity index (χ4n) is 3.47. The van der Waals surface area contributed by atoms with Crippen LogP contribution in [0.5, 0.6) is 0 Å². The van der Waals surface area contributed by atoms with Crippen molar-refractivity contribution in [2.75, 3.05) is 67.2 Å². The van der Waals surface area contributed by atoms with Gasteiger partial charge in [0.15, 0.2) is 11.6 Å². The van der Waals surface area contributed by atoms with Gasteiger partial charge in [0.25, 0.3) is 0 Å². The monoisotopic (exact) mass is 394 g/mol. The molecule has 150 valence electrons. The highest BCUT2D eigenvalue weighted by Crippen LogP contribution is 2.35. The number of hydrogen-bond donors (Lipinski definition) is 0. The number of nitrogens with zero attached hydrogens (tertiary/aromatic N) is 6. The second-order valence-electron chi connectivity index (χ2n) is 6.70. The van der Waals surface area contributed by atoms with E-state index < -0.39 is 11.7 Å². The van der Waals surface area contributed by atoms with E-state index >= 15 is 0 Å². The standard InChI is InChI=1S/C18H21F3N6O/c19-18(20,21)14-2-1-5-22-17(14)27-8-6-25(7-9-27)15-3-4-16(24-23-15)26-10-12-28-13-11-26/h1-5H,6-13H2. The summed E-state index contributed by atoms with van der Waals surface area (Å²) < 4.78 is 45.0. The van der Waals surface area contributed by atoms with Gasteiger partial charge in [-0.3, -0.25) is 0 Å². The lowest BCUT2D eigenvalue weighted by Crippen LogP contribution is -2.47. The predicted octanol–water partition coefficient (Wildman–Crippen LogP) is 2.05. The molecular formula is C18H21F3N6O. The van der Waals surface area contributed by atoms with E-state index in [0.29, 0.717) is 39.4 Å². The Morgan fingerprint density at radius 1 is 0.786 bits per heavy atom. The van der Waals surface area contributed by atoms with E-state index in [0.717, 1.165) is 30.8 Å². The highest BCUT2D eigenvalue weighted by atomic mass is 19.4. The zero-order valence-corrected chi connectivity index (χ0v) is 15.3. The van der Waals surface area contributed by atoms with Gasteiger partial charge in [-0.25, -0.2) is 4.98 Å². The minimum atomic E-state index is -4.42. The van der Waals surface area contributed by atoms with Gasteiger partial charge in [-0.15, -0.1) is 10.2 Å². The molecule has 0 N–H and O–H groups in total. The Morgan fingerprint density at radius 2 is 1.36 bits per heavy atom. The first-order chi connectivity index (χ1) is 13.5. The summed E-state index contributed by atoms with van der Waals surface area (Å²) in [5.74, 6) is 1.53. The molecule has 4 heterocycles. The minimum absolute atomic E-state index is 0.0107. The average Bonchev–Trinajstić information content (AvgIpc) is 2.74. The second kappa shape index (κ2) is 7.78. The average molecular weight is 394 g/mol. The maximum atomic E-state index is 13.2. The molecule has 0 aliphatic carbocycles. The Labute approximate surface area is 160 Å². The van der Waals surface area contributed by atoms with Crippen molar-refractivity contribution >= 4 is 17.5 Å². The summed E-state index contributed by atoms with van der Waals surface area (Å²) in [6.45, 7) is 4.92. The lowest BCUT2D eigenvalue weighted by atomic mass is 10.2. The highest BCUT2D eigenvalue weighted by molar-refractivity contribution is 5.51. The van der Waals surface area contributed by atoms with Crippen molar-refractivity contribution in [1.29, 1.82) is 0 Å². The summed E-state index contributed by atoms with van der Waals surface area (Å²) in [6.07, 6.45) is -3.02. The third kappa shape index (κ3) is 3.96. The van der Waals surface area contributed by atoms with Crippen molar-refractivity contribution < 1.29 is 17.9 Å². The summed E-state index contributed by atoms with van der Waals surface area (Å²) in [6, 6.07) is 6.23. The first-order valence-corrected chi connectivity index (χ1v) is 9.21. The maximum Gasteiger partial charge on any atom is 0.419 e. The molecule has 0 atom stereocenters. The Bertz CT molecular complexity index is 787. The lowest BCUT2D eigenvalue weighted by molar-refractivity contribution is -0.137. The van der Waals surface area contributed by atoms with Crippen molar-refractivity contribution in [3.05, 3.63) is 36.0 Å². The number of morpholine rings is 1. The molecule has 0 bridgehead atoms. The Kier molecular flexibility index (Phi) is 5.21. The van der Waals surface area contributed by atoms with Gasteiger partial charge < -0.3 is 19.4 Å². The number of pyridine rings is 1. The van der Waals surface area contributed by atoms with Crippen LogP contribution < -0.4 is 14.7 Å². The summed E-state index contributed by atoms with van der Waals surface area (Å²) in [4.78, 5) is 9.80. The largest absolute Gasteiger partial charge is 0.419 e. The van der Waals surface area contributed by atoms with Crippen LogP contribution in [0.1, 0.15) is 5.56 Å². The Morgan fingerprint density at radius 3 is 1.93 bits per heavy atom. The zero-order chi connectivity index (χ0) is 19.6. The normalized spacial score (nSPS) is 18.5. The SMILES string of the molecule is FC(F)(F)c1cccnc1N1CCN(c2ccc(N3CCOCC3)nn2)CC1. The fourth-order valence-corrected chi connectivity index (χ4v) is 3.47. The van der Waals surface area contributed by atoms with Crippen molar-refractivity contribution in [2.45, 2.75) is 6.18 Å². The topological polar surface area (TPSA) is 57.6 Å². The van der Waals surface area contributed by atoms with E-state index in [-0.39, 0.29) is 5.82 Å². The summed E-state index contributed by atoms with van der Waals surface area (Å²) >= 11 is 0. The molecule has 2 fully saturated rings. The van der Waals surface area contributed by atoms with Crippen LogP contribution in [0.4, 0.5) is 30.6 Å². The van der Waals surface area contributed by atoms with E-state index in [9.17, 15) is 13.2 Å². The van der Waals surface area contributed by atoms with Gasteiger partial charge in [0, 0.05) is 45.5 Å². The van der Waals surface area contributed by atoms with Crippen LogP contribution in [0.25, 0.3) is 0 Å². The third-order valence-electron chi connectivity index (χ3n) is 4.97. The Balaban J connectivity index is 1.41. The molecule has 0 amide bonds. The van der Waals surface area contributed by atoms with E-state index in [4.69, 9.17) is 4.74 Å². The van der Waals surface area contributed by atoms with Crippen LogP contribution in [-0.4, -0.2) is 67.7 Å². The van der Waals surface area contributed by atoms with Crippen LogP contribution >= 0.6 is 0 Å². The van der Waals surface area contributed by atoms with Crippen LogP contribution in [0.3, 0.4) is 0 Å². The van der Waals surface area contributed by atoms with Crippen molar-refractivity contribution in [3.8, 4) is 0 Å². The van der Waals surface area contributed by atoms with Gasteiger partial charge in [-0.2, -0.15) is 13.2 Å². The highest BCUT2D eigenvalue weighted by Gasteiger charge is 2.36. The van der Waals surface area contributed by atoms with Crippen LogP contribution in [-0.2, 0) is 10.9 Å². The summed E-state index contributed by atoms with van der Waals surface area (Å²) in [5, 5.41) is 8.62. The van der Waals surface area contributed by atoms with Gasteiger partial charge in [-0.05, 0) is 24.3 Å². The molecule has 28 heavy (non-hydrogen) atoms. The number of rotatable bonds is 3. The van der Waals surface area contributed by atoms with Crippen molar-refractivity contribution in [1.82, 2.24) is 15.2 Å². The predicted molar refractivity (Wildman–Crippen MR) is 98.7 cm³/mol. The van der Waals surface area contributed by atoms with Gasteiger partial charge in [-0.1, -0.05) is 0 Å². The van der Waals surface area contributed by atoms with E-state index in [1.807, 2.05) is 17.0 Å². The molecule has 0 spiro atoms. The van der Waals surface area contributed by atoms with Crippen molar-refractivity contribution in [3.63, 3.8) is 0 Å². The first-order valence-electron chi connectivity index (χ1n) is 9.21. The molecule has 0 unspecified atom stereocenters.